The second-order valence-corrected chi connectivity index (χ2v) is 4.09. The normalized spacial score (nSPS) is 10.4. The highest BCUT2D eigenvalue weighted by molar-refractivity contribution is 6.30. The highest BCUT2D eigenvalue weighted by Crippen LogP contribution is 2.25. The van der Waals surface area contributed by atoms with Crippen LogP contribution in [0.5, 0.6) is 0 Å². The van der Waals surface area contributed by atoms with Crippen LogP contribution < -0.4 is 0 Å². The third-order valence-corrected chi connectivity index (χ3v) is 2.75. The number of nitrogens with zero attached hydrogens (tertiary/aromatic N) is 2. The predicted molar refractivity (Wildman–Crippen MR) is 63.8 cm³/mol. The zero-order valence-electron chi connectivity index (χ0n) is 9.07. The van der Waals surface area contributed by atoms with Crippen molar-refractivity contribution in [2.24, 2.45) is 7.05 Å². The van der Waals surface area contributed by atoms with Crippen LogP contribution in [0.2, 0.25) is 5.02 Å². The first kappa shape index (κ1) is 10.9. The van der Waals surface area contributed by atoms with E-state index in [2.05, 4.69) is 5.10 Å². The van der Waals surface area contributed by atoms with Crippen LogP contribution in [-0.4, -0.2) is 16.1 Å². The standard InChI is InChI=1S/C12H11ClN2O/c1-8-3-4-9(13)5-11(8)12-6-10(7-16)15(2)14-12/h3-7H,1-2H3. The largest absolute Gasteiger partial charge is 0.296 e. The maximum Gasteiger partial charge on any atom is 0.168 e. The molecule has 1 heterocycles. The molecular formula is C12H11ClN2O. The number of hydrogen-bond donors (Lipinski definition) is 0. The number of benzene rings is 1. The van der Waals surface area contributed by atoms with Crippen LogP contribution in [-0.2, 0) is 7.05 Å². The average molecular weight is 235 g/mol. The van der Waals surface area contributed by atoms with Gasteiger partial charge in [-0.15, -0.1) is 0 Å². The van der Waals surface area contributed by atoms with Gasteiger partial charge in [0.05, 0.1) is 5.69 Å². The molecule has 0 bridgehead atoms. The van der Waals surface area contributed by atoms with Gasteiger partial charge in [0.2, 0.25) is 0 Å². The summed E-state index contributed by atoms with van der Waals surface area (Å²) in [4.78, 5) is 10.7. The highest BCUT2D eigenvalue weighted by Gasteiger charge is 2.09. The fraction of sp³-hybridized carbons (Fsp3) is 0.167. The Labute approximate surface area is 98.7 Å². The Bertz CT molecular complexity index is 546. The van der Waals surface area contributed by atoms with E-state index in [1.54, 1.807) is 17.8 Å². The Morgan fingerprint density at radius 3 is 2.75 bits per heavy atom. The minimum Gasteiger partial charge on any atom is -0.296 e. The number of carbonyl (C=O) groups is 1. The SMILES string of the molecule is Cc1ccc(Cl)cc1-c1cc(C=O)n(C)n1. The molecule has 16 heavy (non-hydrogen) atoms. The van der Waals surface area contributed by atoms with Crippen LogP contribution >= 0.6 is 11.6 Å². The van der Waals surface area contributed by atoms with E-state index in [9.17, 15) is 4.79 Å². The van der Waals surface area contributed by atoms with Gasteiger partial charge in [-0.3, -0.25) is 9.48 Å². The van der Waals surface area contributed by atoms with E-state index in [0.29, 0.717) is 10.7 Å². The molecule has 0 amide bonds. The Balaban J connectivity index is 2.57. The molecule has 0 aliphatic heterocycles. The Kier molecular flexibility index (Phi) is 2.79. The molecule has 0 unspecified atom stereocenters. The summed E-state index contributed by atoms with van der Waals surface area (Å²) in [5.41, 5.74) is 3.36. The molecule has 0 aliphatic rings. The van der Waals surface area contributed by atoms with Gasteiger partial charge in [-0.2, -0.15) is 5.10 Å². The number of hydrogen-bond acceptors (Lipinski definition) is 2. The van der Waals surface area contributed by atoms with E-state index in [4.69, 9.17) is 11.6 Å². The molecule has 0 aliphatic carbocycles. The lowest BCUT2D eigenvalue weighted by molar-refractivity contribution is 0.111. The van der Waals surface area contributed by atoms with Crippen LogP contribution in [0.15, 0.2) is 24.3 Å². The Hall–Kier alpha value is -1.61. The Morgan fingerprint density at radius 1 is 1.38 bits per heavy atom. The van der Waals surface area contributed by atoms with E-state index in [1.165, 1.54) is 0 Å². The summed E-state index contributed by atoms with van der Waals surface area (Å²) < 4.78 is 1.56. The molecular weight excluding hydrogens is 224 g/mol. The van der Waals surface area contributed by atoms with Gasteiger partial charge in [-0.25, -0.2) is 0 Å². The molecule has 0 radical (unpaired) electrons. The van der Waals surface area contributed by atoms with Gasteiger partial charge in [0.25, 0.3) is 0 Å². The van der Waals surface area contributed by atoms with Crippen molar-refractivity contribution in [3.63, 3.8) is 0 Å². The van der Waals surface area contributed by atoms with Gasteiger partial charge in [0.1, 0.15) is 5.69 Å². The lowest BCUT2D eigenvalue weighted by Crippen LogP contribution is -1.95. The third kappa shape index (κ3) is 1.86. The second-order valence-electron chi connectivity index (χ2n) is 3.66. The smallest absolute Gasteiger partial charge is 0.168 e. The maximum atomic E-state index is 10.7. The van der Waals surface area contributed by atoms with Crippen LogP contribution in [0.3, 0.4) is 0 Å². The summed E-state index contributed by atoms with van der Waals surface area (Å²) in [6, 6.07) is 7.39. The topological polar surface area (TPSA) is 34.9 Å². The summed E-state index contributed by atoms with van der Waals surface area (Å²) >= 11 is 5.94. The van der Waals surface area contributed by atoms with Gasteiger partial charge in [-0.1, -0.05) is 17.7 Å². The zero-order valence-corrected chi connectivity index (χ0v) is 9.82. The number of carbonyl (C=O) groups excluding carboxylic acids is 1. The van der Waals surface area contributed by atoms with Crippen molar-refractivity contribution in [2.75, 3.05) is 0 Å². The molecule has 3 nitrogen and oxygen atoms in total. The van der Waals surface area contributed by atoms with Crippen molar-refractivity contribution in [2.45, 2.75) is 6.92 Å². The molecule has 4 heteroatoms. The van der Waals surface area contributed by atoms with Crippen molar-refractivity contribution in [1.82, 2.24) is 9.78 Å². The molecule has 2 rings (SSSR count). The lowest BCUT2D eigenvalue weighted by atomic mass is 10.1. The van der Waals surface area contributed by atoms with E-state index in [-0.39, 0.29) is 0 Å². The number of halogens is 1. The van der Waals surface area contributed by atoms with Gasteiger partial charge < -0.3 is 0 Å². The summed E-state index contributed by atoms with van der Waals surface area (Å²) in [6.45, 7) is 1.99. The highest BCUT2D eigenvalue weighted by atomic mass is 35.5. The molecule has 82 valence electrons. The van der Waals surface area contributed by atoms with Gasteiger partial charge >= 0.3 is 0 Å². The van der Waals surface area contributed by atoms with Gasteiger partial charge in [0.15, 0.2) is 6.29 Å². The molecule has 2 aromatic rings. The van der Waals surface area contributed by atoms with Crippen molar-refractivity contribution in [3.05, 3.63) is 40.5 Å². The lowest BCUT2D eigenvalue weighted by Gasteiger charge is -2.02. The first-order valence-electron chi connectivity index (χ1n) is 4.87. The van der Waals surface area contributed by atoms with Crippen LogP contribution in [0.1, 0.15) is 16.1 Å². The molecule has 1 aromatic heterocycles. The second kappa shape index (κ2) is 4.10. The first-order chi connectivity index (χ1) is 7.61. The van der Waals surface area contributed by atoms with Crippen LogP contribution in [0, 0.1) is 6.92 Å². The van der Waals surface area contributed by atoms with Crippen molar-refractivity contribution in [1.29, 1.82) is 0 Å². The number of aromatic nitrogens is 2. The van der Waals surface area contributed by atoms with E-state index < -0.39 is 0 Å². The fourth-order valence-corrected chi connectivity index (χ4v) is 1.77. The molecule has 0 spiro atoms. The summed E-state index contributed by atoms with van der Waals surface area (Å²) in [7, 11) is 1.74. The average Bonchev–Trinajstić information content (AvgIpc) is 2.63. The summed E-state index contributed by atoms with van der Waals surface area (Å²) in [5.74, 6) is 0. The monoisotopic (exact) mass is 234 g/mol. The van der Waals surface area contributed by atoms with E-state index >= 15 is 0 Å². The predicted octanol–water partition coefficient (Wildman–Crippen LogP) is 2.86. The van der Waals surface area contributed by atoms with Gasteiger partial charge in [-0.05, 0) is 30.7 Å². The summed E-state index contributed by atoms with van der Waals surface area (Å²) in [6.07, 6.45) is 0.788. The number of rotatable bonds is 2. The Morgan fingerprint density at radius 2 is 2.12 bits per heavy atom. The molecule has 0 atom stereocenters. The van der Waals surface area contributed by atoms with Crippen molar-refractivity contribution < 1.29 is 4.79 Å². The summed E-state index contributed by atoms with van der Waals surface area (Å²) in [5, 5.41) is 4.95. The van der Waals surface area contributed by atoms with Crippen LogP contribution in [0.4, 0.5) is 0 Å². The van der Waals surface area contributed by atoms with E-state index in [1.807, 2.05) is 25.1 Å². The third-order valence-electron chi connectivity index (χ3n) is 2.51. The van der Waals surface area contributed by atoms with Gasteiger partial charge in [0, 0.05) is 17.6 Å². The fourth-order valence-electron chi connectivity index (χ4n) is 1.59. The van der Waals surface area contributed by atoms with Crippen molar-refractivity contribution >= 4 is 17.9 Å². The van der Waals surface area contributed by atoms with Crippen molar-refractivity contribution in [3.8, 4) is 11.3 Å². The minimum absolute atomic E-state index is 0.550. The molecule has 0 fully saturated rings. The minimum atomic E-state index is 0.550. The van der Waals surface area contributed by atoms with Crippen LogP contribution in [0.25, 0.3) is 11.3 Å². The molecule has 0 saturated carbocycles. The molecule has 0 saturated heterocycles. The maximum absolute atomic E-state index is 10.7. The molecule has 1 aromatic carbocycles. The molecule has 0 N–H and O–H groups in total. The number of aldehydes is 1. The van der Waals surface area contributed by atoms with E-state index in [0.717, 1.165) is 23.1 Å². The first-order valence-corrected chi connectivity index (χ1v) is 5.25. The zero-order chi connectivity index (χ0) is 11.7. The quantitative estimate of drug-likeness (QED) is 0.749. The number of aryl methyl sites for hydroxylation is 2.